The molecule has 0 unspecified atom stereocenters. The standard InChI is InChI=1S/C23H21ClN2O5S/c1-14-12-15(2)26(13-21(28)25-19-8-4-17(5-9-19)16(3)27)23(29)22(14)32(30,31)20-10-6-18(24)7-11-20/h4-12H,13H2,1-3H3,(H,25,28). The van der Waals surface area contributed by atoms with Crippen LogP contribution >= 0.6 is 11.6 Å². The van der Waals surface area contributed by atoms with Crippen LogP contribution in [0, 0.1) is 13.8 Å². The van der Waals surface area contributed by atoms with Gasteiger partial charge < -0.3 is 9.88 Å². The van der Waals surface area contributed by atoms with E-state index in [1.807, 2.05) is 0 Å². The number of hydrogen-bond acceptors (Lipinski definition) is 5. The number of pyridine rings is 1. The molecule has 1 N–H and O–H groups in total. The SMILES string of the molecule is CC(=O)c1ccc(NC(=O)Cn2c(C)cc(C)c(S(=O)(=O)c3ccc(Cl)cc3)c2=O)cc1. The molecular weight excluding hydrogens is 452 g/mol. The summed E-state index contributed by atoms with van der Waals surface area (Å²) in [5.74, 6) is -0.608. The molecule has 0 radical (unpaired) electrons. The quantitative estimate of drug-likeness (QED) is 0.550. The van der Waals surface area contributed by atoms with Gasteiger partial charge in [0.15, 0.2) is 5.78 Å². The van der Waals surface area contributed by atoms with Gasteiger partial charge in [-0.15, -0.1) is 0 Å². The van der Waals surface area contributed by atoms with Crippen molar-refractivity contribution in [1.29, 1.82) is 0 Å². The summed E-state index contributed by atoms with van der Waals surface area (Å²) in [7, 11) is -4.12. The number of amides is 1. The van der Waals surface area contributed by atoms with E-state index in [0.717, 1.165) is 4.57 Å². The van der Waals surface area contributed by atoms with Gasteiger partial charge in [-0.05, 0) is 80.9 Å². The Morgan fingerprint density at radius 2 is 1.59 bits per heavy atom. The minimum absolute atomic E-state index is 0.0625. The van der Waals surface area contributed by atoms with E-state index in [9.17, 15) is 22.8 Å². The summed E-state index contributed by atoms with van der Waals surface area (Å²) in [6, 6.07) is 13.4. The van der Waals surface area contributed by atoms with E-state index in [2.05, 4.69) is 5.32 Å². The number of sulfone groups is 1. The van der Waals surface area contributed by atoms with Crippen LogP contribution in [0.1, 0.15) is 28.5 Å². The Morgan fingerprint density at radius 1 is 1.00 bits per heavy atom. The van der Waals surface area contributed by atoms with Crippen LogP contribution in [0.2, 0.25) is 5.02 Å². The molecule has 3 rings (SSSR count). The fraction of sp³-hybridized carbons (Fsp3) is 0.174. The first-order valence-corrected chi connectivity index (χ1v) is 11.5. The highest BCUT2D eigenvalue weighted by Gasteiger charge is 2.26. The summed E-state index contributed by atoms with van der Waals surface area (Å²) in [6.07, 6.45) is 0. The number of rotatable bonds is 6. The van der Waals surface area contributed by atoms with E-state index in [1.165, 1.54) is 38.1 Å². The molecular formula is C23H21ClN2O5S. The van der Waals surface area contributed by atoms with Gasteiger partial charge in [0.1, 0.15) is 11.4 Å². The van der Waals surface area contributed by atoms with Crippen LogP contribution < -0.4 is 10.9 Å². The molecule has 0 atom stereocenters. The molecule has 7 nitrogen and oxygen atoms in total. The molecule has 32 heavy (non-hydrogen) atoms. The van der Waals surface area contributed by atoms with Crippen LogP contribution in [-0.4, -0.2) is 24.7 Å². The number of anilines is 1. The minimum Gasteiger partial charge on any atom is -0.325 e. The predicted molar refractivity (Wildman–Crippen MR) is 122 cm³/mol. The molecule has 1 aromatic heterocycles. The lowest BCUT2D eigenvalue weighted by Crippen LogP contribution is -2.33. The third-order valence-corrected chi connectivity index (χ3v) is 7.10. The van der Waals surface area contributed by atoms with Crippen LogP contribution in [0.25, 0.3) is 0 Å². The van der Waals surface area contributed by atoms with E-state index in [1.54, 1.807) is 37.3 Å². The Balaban J connectivity index is 1.94. The van der Waals surface area contributed by atoms with Gasteiger partial charge >= 0.3 is 0 Å². The summed E-state index contributed by atoms with van der Waals surface area (Å²) < 4.78 is 27.4. The number of hydrogen-bond donors (Lipinski definition) is 1. The van der Waals surface area contributed by atoms with Crippen LogP contribution in [0.5, 0.6) is 0 Å². The molecule has 0 saturated heterocycles. The van der Waals surface area contributed by atoms with Crippen molar-refractivity contribution < 1.29 is 18.0 Å². The second-order valence-electron chi connectivity index (χ2n) is 7.33. The zero-order valence-corrected chi connectivity index (χ0v) is 19.3. The summed E-state index contributed by atoms with van der Waals surface area (Å²) in [5, 5.41) is 3.02. The highest BCUT2D eigenvalue weighted by Crippen LogP contribution is 2.23. The number of carbonyl (C=O) groups is 2. The molecule has 1 amide bonds. The summed E-state index contributed by atoms with van der Waals surface area (Å²) in [6.45, 7) is 4.23. The van der Waals surface area contributed by atoms with Crippen LogP contribution in [0.3, 0.4) is 0 Å². The molecule has 9 heteroatoms. The number of halogens is 1. The second kappa shape index (κ2) is 9.10. The first-order chi connectivity index (χ1) is 15.0. The van der Waals surface area contributed by atoms with Gasteiger partial charge in [0.2, 0.25) is 15.7 Å². The first kappa shape index (κ1) is 23.4. The Kier molecular flexibility index (Phi) is 6.66. The molecule has 0 spiro atoms. The number of aromatic nitrogens is 1. The zero-order valence-electron chi connectivity index (χ0n) is 17.7. The monoisotopic (exact) mass is 472 g/mol. The van der Waals surface area contributed by atoms with Gasteiger partial charge in [-0.2, -0.15) is 0 Å². The molecule has 1 heterocycles. The van der Waals surface area contributed by atoms with Crippen molar-refractivity contribution in [2.75, 3.05) is 5.32 Å². The topological polar surface area (TPSA) is 102 Å². The third-order valence-electron chi connectivity index (χ3n) is 4.92. The number of Topliss-reactive ketones (excluding diaryl/α,β-unsaturated/α-hetero) is 1. The molecule has 3 aromatic rings. The van der Waals surface area contributed by atoms with E-state index in [-0.39, 0.29) is 22.1 Å². The van der Waals surface area contributed by atoms with Gasteiger partial charge in [-0.1, -0.05) is 11.6 Å². The van der Waals surface area contributed by atoms with E-state index in [0.29, 0.717) is 27.5 Å². The number of nitrogens with zero attached hydrogens (tertiary/aromatic N) is 1. The molecule has 2 aromatic carbocycles. The van der Waals surface area contributed by atoms with Gasteiger partial charge in [0, 0.05) is 22.0 Å². The molecule has 0 fully saturated rings. The fourth-order valence-corrected chi connectivity index (χ4v) is 4.97. The predicted octanol–water partition coefficient (Wildman–Crippen LogP) is 3.79. The van der Waals surface area contributed by atoms with Gasteiger partial charge in [0.05, 0.1) is 4.90 Å². The summed E-state index contributed by atoms with van der Waals surface area (Å²) >= 11 is 5.84. The second-order valence-corrected chi connectivity index (χ2v) is 9.65. The summed E-state index contributed by atoms with van der Waals surface area (Å²) in [5.41, 5.74) is 0.917. The summed E-state index contributed by atoms with van der Waals surface area (Å²) in [4.78, 5) is 36.6. The number of nitrogens with one attached hydrogen (secondary N) is 1. The lowest BCUT2D eigenvalue weighted by atomic mass is 10.1. The molecule has 0 aliphatic carbocycles. The van der Waals surface area contributed by atoms with Crippen molar-refractivity contribution >= 4 is 38.8 Å². The minimum atomic E-state index is -4.12. The Morgan fingerprint density at radius 3 is 2.16 bits per heavy atom. The number of aryl methyl sites for hydroxylation is 2. The number of carbonyl (C=O) groups excluding carboxylic acids is 2. The molecule has 0 aliphatic rings. The normalized spacial score (nSPS) is 11.2. The highest BCUT2D eigenvalue weighted by atomic mass is 35.5. The van der Waals surface area contributed by atoms with E-state index < -0.39 is 21.3 Å². The van der Waals surface area contributed by atoms with Crippen LogP contribution in [0.15, 0.2) is 69.2 Å². The first-order valence-electron chi connectivity index (χ1n) is 9.63. The highest BCUT2D eigenvalue weighted by molar-refractivity contribution is 7.91. The average molecular weight is 473 g/mol. The lowest BCUT2D eigenvalue weighted by molar-refractivity contribution is -0.116. The molecule has 0 bridgehead atoms. The van der Waals surface area contributed by atoms with Crippen molar-refractivity contribution in [3.63, 3.8) is 0 Å². The molecule has 0 aliphatic heterocycles. The zero-order chi connectivity index (χ0) is 23.6. The largest absolute Gasteiger partial charge is 0.325 e. The van der Waals surface area contributed by atoms with E-state index >= 15 is 0 Å². The Labute approximate surface area is 190 Å². The number of benzene rings is 2. The Hall–Kier alpha value is -3.23. The molecule has 166 valence electrons. The maximum absolute atomic E-state index is 13.1. The smallest absolute Gasteiger partial charge is 0.270 e. The van der Waals surface area contributed by atoms with Crippen molar-refractivity contribution in [2.45, 2.75) is 37.1 Å². The van der Waals surface area contributed by atoms with Crippen molar-refractivity contribution in [3.8, 4) is 0 Å². The fourth-order valence-electron chi connectivity index (χ4n) is 3.30. The maximum Gasteiger partial charge on any atom is 0.270 e. The number of ketones is 1. The Bertz CT molecular complexity index is 1360. The van der Waals surface area contributed by atoms with Gasteiger partial charge in [-0.25, -0.2) is 8.42 Å². The lowest BCUT2D eigenvalue weighted by Gasteiger charge is -2.15. The van der Waals surface area contributed by atoms with Gasteiger partial charge in [-0.3, -0.25) is 14.4 Å². The van der Waals surface area contributed by atoms with E-state index in [4.69, 9.17) is 11.6 Å². The van der Waals surface area contributed by atoms with Crippen molar-refractivity contribution in [2.24, 2.45) is 0 Å². The third kappa shape index (κ3) is 4.81. The van der Waals surface area contributed by atoms with Gasteiger partial charge in [0.25, 0.3) is 5.56 Å². The molecule has 0 saturated carbocycles. The van der Waals surface area contributed by atoms with Crippen molar-refractivity contribution in [3.05, 3.63) is 86.8 Å². The van der Waals surface area contributed by atoms with Crippen molar-refractivity contribution in [1.82, 2.24) is 4.57 Å². The average Bonchev–Trinajstić information content (AvgIpc) is 2.71. The maximum atomic E-state index is 13.1. The van der Waals surface area contributed by atoms with Crippen LogP contribution in [0.4, 0.5) is 5.69 Å². The van der Waals surface area contributed by atoms with Crippen LogP contribution in [-0.2, 0) is 21.2 Å².